The molecule has 3 aromatic rings. The zero-order valence-electron chi connectivity index (χ0n) is 18.0. The molecule has 3 aromatic carbocycles. The first kappa shape index (κ1) is 19.8. The van der Waals surface area contributed by atoms with Crippen molar-refractivity contribution in [2.75, 3.05) is 25.1 Å². The Morgan fingerprint density at radius 1 is 0.839 bits per heavy atom. The largest absolute Gasteiger partial charge is 0.492 e. The van der Waals surface area contributed by atoms with Crippen molar-refractivity contribution in [3.63, 3.8) is 0 Å². The number of hydrogen-bond acceptors (Lipinski definition) is 3. The van der Waals surface area contributed by atoms with Gasteiger partial charge in [0.1, 0.15) is 0 Å². The molecule has 1 N–H and O–H groups in total. The minimum absolute atomic E-state index is 0.493. The Morgan fingerprint density at radius 2 is 1.55 bits per heavy atom. The van der Waals surface area contributed by atoms with Gasteiger partial charge in [-0.15, -0.1) is 0 Å². The van der Waals surface area contributed by atoms with E-state index in [-0.39, 0.29) is 0 Å². The minimum Gasteiger partial charge on any atom is -0.492 e. The molecule has 0 spiro atoms. The van der Waals surface area contributed by atoms with Crippen LogP contribution in [0.4, 0.5) is 5.69 Å². The van der Waals surface area contributed by atoms with Crippen LogP contribution in [-0.4, -0.2) is 35.7 Å². The number of benzene rings is 3. The summed E-state index contributed by atoms with van der Waals surface area (Å²) >= 11 is 0. The lowest BCUT2D eigenvalue weighted by atomic mass is 9.98. The molecule has 0 saturated carbocycles. The lowest BCUT2D eigenvalue weighted by molar-refractivity contribution is -0.658. The zero-order chi connectivity index (χ0) is 21.3. The number of aliphatic hydroxyl groups is 1. The van der Waals surface area contributed by atoms with Crippen molar-refractivity contribution in [2.24, 2.45) is 0 Å². The van der Waals surface area contributed by atoms with E-state index in [9.17, 15) is 5.11 Å². The van der Waals surface area contributed by atoms with E-state index in [0.717, 1.165) is 48.4 Å². The predicted octanol–water partition coefficient (Wildman–Crippen LogP) is 5.01. The van der Waals surface area contributed by atoms with Crippen LogP contribution in [0.25, 0.3) is 11.1 Å². The first-order chi connectivity index (χ1) is 15.2. The molecule has 4 heteroatoms. The van der Waals surface area contributed by atoms with Gasteiger partial charge in [0.2, 0.25) is 0 Å². The van der Waals surface area contributed by atoms with E-state index in [1.54, 1.807) is 7.11 Å². The highest BCUT2D eigenvalue weighted by atomic mass is 16.5. The second-order valence-electron chi connectivity index (χ2n) is 8.40. The molecule has 158 valence electrons. The van der Waals surface area contributed by atoms with Gasteiger partial charge in [-0.25, -0.2) is 9.48 Å². The Kier molecular flexibility index (Phi) is 5.24. The third-order valence-electron chi connectivity index (χ3n) is 6.56. The van der Waals surface area contributed by atoms with Crippen molar-refractivity contribution < 1.29 is 14.4 Å². The highest BCUT2D eigenvalue weighted by Gasteiger charge is 2.52. The summed E-state index contributed by atoms with van der Waals surface area (Å²) in [5.74, 6) is 2.03. The Labute approximate surface area is 184 Å². The fraction of sp³-hybridized carbons (Fsp3) is 0.296. The summed E-state index contributed by atoms with van der Waals surface area (Å²) in [5.41, 5.74) is 3.24. The number of para-hydroxylation sites is 2. The van der Waals surface area contributed by atoms with Gasteiger partial charge in [-0.1, -0.05) is 66.7 Å². The average Bonchev–Trinajstić information content (AvgIpc) is 2.97. The van der Waals surface area contributed by atoms with E-state index < -0.39 is 5.72 Å². The maximum absolute atomic E-state index is 12.1. The number of nitrogens with zero attached hydrogens (tertiary/aromatic N) is 2. The number of amidine groups is 1. The van der Waals surface area contributed by atoms with Crippen LogP contribution in [0, 0.1) is 0 Å². The molecule has 0 aliphatic carbocycles. The molecule has 2 aliphatic heterocycles. The van der Waals surface area contributed by atoms with Crippen LogP contribution >= 0.6 is 0 Å². The topological polar surface area (TPSA) is 35.7 Å². The van der Waals surface area contributed by atoms with Gasteiger partial charge >= 0.3 is 0 Å². The van der Waals surface area contributed by atoms with E-state index in [1.807, 2.05) is 24.3 Å². The summed E-state index contributed by atoms with van der Waals surface area (Å²) in [5, 5.41) is 12.1. The molecule has 0 fully saturated rings. The number of methoxy groups -OCH3 is 1. The van der Waals surface area contributed by atoms with Crippen LogP contribution in [0.15, 0.2) is 78.9 Å². The van der Waals surface area contributed by atoms with E-state index in [1.165, 1.54) is 17.8 Å². The molecule has 0 saturated heterocycles. The lowest BCUT2D eigenvalue weighted by Crippen LogP contribution is -2.41. The highest BCUT2D eigenvalue weighted by Crippen LogP contribution is 2.39. The molecule has 1 atom stereocenters. The molecule has 4 nitrogen and oxygen atoms in total. The summed E-state index contributed by atoms with van der Waals surface area (Å²) in [4.78, 5) is 2.26. The molecule has 1 unspecified atom stereocenters. The predicted molar refractivity (Wildman–Crippen MR) is 125 cm³/mol. The smallest absolute Gasteiger partial charge is 0.271 e. The number of ether oxygens (including phenoxy) is 1. The van der Waals surface area contributed by atoms with Crippen LogP contribution in [-0.2, 0) is 5.72 Å². The maximum Gasteiger partial charge on any atom is 0.271 e. The summed E-state index contributed by atoms with van der Waals surface area (Å²) < 4.78 is 7.88. The third kappa shape index (κ3) is 3.51. The Hall–Kier alpha value is -3.11. The Morgan fingerprint density at radius 3 is 2.32 bits per heavy atom. The number of rotatable bonds is 4. The van der Waals surface area contributed by atoms with Crippen LogP contribution in [0.5, 0.6) is 5.75 Å². The normalized spacial score (nSPS) is 21.0. The van der Waals surface area contributed by atoms with E-state index in [0.29, 0.717) is 6.54 Å². The quantitative estimate of drug-likeness (QED) is 0.611. The van der Waals surface area contributed by atoms with Gasteiger partial charge in [0.05, 0.1) is 13.7 Å². The van der Waals surface area contributed by atoms with E-state index >= 15 is 0 Å². The summed E-state index contributed by atoms with van der Waals surface area (Å²) in [6.45, 7) is 1.35. The average molecular weight is 414 g/mol. The molecule has 0 radical (unpaired) electrons. The van der Waals surface area contributed by atoms with E-state index in [2.05, 4.69) is 64.1 Å². The monoisotopic (exact) mass is 413 g/mol. The number of anilines is 1. The van der Waals surface area contributed by atoms with Crippen LogP contribution in [0.2, 0.25) is 0 Å². The van der Waals surface area contributed by atoms with Crippen molar-refractivity contribution >= 4 is 11.5 Å². The molecular formula is C27H29N2O2+. The van der Waals surface area contributed by atoms with Gasteiger partial charge in [-0.3, -0.25) is 0 Å². The molecule has 5 rings (SSSR count). The van der Waals surface area contributed by atoms with Crippen LogP contribution in [0.1, 0.15) is 31.2 Å². The first-order valence-corrected chi connectivity index (χ1v) is 11.1. The summed E-state index contributed by atoms with van der Waals surface area (Å²) in [7, 11) is 1.71. The molecule has 2 heterocycles. The van der Waals surface area contributed by atoms with Crippen molar-refractivity contribution in [1.29, 1.82) is 0 Å². The fourth-order valence-corrected chi connectivity index (χ4v) is 4.95. The fourth-order valence-electron chi connectivity index (χ4n) is 4.95. The van der Waals surface area contributed by atoms with Gasteiger partial charge < -0.3 is 9.84 Å². The van der Waals surface area contributed by atoms with Crippen LogP contribution in [0.3, 0.4) is 0 Å². The van der Waals surface area contributed by atoms with Gasteiger partial charge in [-0.2, -0.15) is 0 Å². The zero-order valence-corrected chi connectivity index (χ0v) is 18.0. The molecule has 0 amide bonds. The third-order valence-corrected chi connectivity index (χ3v) is 6.56. The maximum atomic E-state index is 12.1. The Bertz CT molecular complexity index is 1090. The van der Waals surface area contributed by atoms with Crippen molar-refractivity contribution in [3.05, 3.63) is 84.4 Å². The first-order valence-electron chi connectivity index (χ1n) is 11.1. The highest BCUT2D eigenvalue weighted by molar-refractivity contribution is 5.97. The van der Waals surface area contributed by atoms with Gasteiger partial charge in [-0.05, 0) is 42.5 Å². The molecular weight excluding hydrogens is 384 g/mol. The second kappa shape index (κ2) is 8.20. The minimum atomic E-state index is -1.06. The SMILES string of the molecule is COc1ccccc1N1CC(O)(c2ccc(-c3ccccc3)cc2)[N+]2=C1CCCCC2. The van der Waals surface area contributed by atoms with Crippen molar-refractivity contribution in [2.45, 2.75) is 31.4 Å². The molecule has 2 aliphatic rings. The van der Waals surface area contributed by atoms with E-state index in [4.69, 9.17) is 4.74 Å². The molecule has 0 aromatic heterocycles. The summed E-state index contributed by atoms with van der Waals surface area (Å²) in [6.07, 6.45) is 4.37. The standard InChI is InChI=1S/C27H29N2O2/c1-31-25-13-8-7-12-24(25)28-20-27(30,29-19-9-3-6-14-26(28)29)23-17-15-22(16-18-23)21-10-4-2-5-11-21/h2,4-5,7-8,10-13,15-18,30H,3,6,9,14,19-20H2,1H3/q+1. The van der Waals surface area contributed by atoms with Crippen LogP contribution < -0.4 is 9.64 Å². The Balaban J connectivity index is 1.56. The number of β-amino-alcohol motifs (C(OH)–C–C–N with tert-alkyl or cyclic N) is 1. The van der Waals surface area contributed by atoms with Gasteiger partial charge in [0.15, 0.2) is 18.0 Å². The van der Waals surface area contributed by atoms with Gasteiger partial charge in [0, 0.05) is 12.0 Å². The lowest BCUT2D eigenvalue weighted by Gasteiger charge is -2.24. The van der Waals surface area contributed by atoms with Crippen molar-refractivity contribution in [1.82, 2.24) is 0 Å². The van der Waals surface area contributed by atoms with Crippen molar-refractivity contribution in [3.8, 4) is 16.9 Å². The molecule has 31 heavy (non-hydrogen) atoms. The second-order valence-corrected chi connectivity index (χ2v) is 8.40. The summed E-state index contributed by atoms with van der Waals surface area (Å²) in [6, 6.07) is 26.9. The van der Waals surface area contributed by atoms with Gasteiger partial charge in [0.25, 0.3) is 11.6 Å². The number of hydrogen-bond donors (Lipinski definition) is 1. The molecule has 0 bridgehead atoms.